The maximum Gasteiger partial charge on any atom is 0.235 e. The van der Waals surface area contributed by atoms with Crippen LogP contribution in [0.5, 0.6) is 5.75 Å². The topological polar surface area (TPSA) is 55.4 Å². The van der Waals surface area contributed by atoms with Crippen LogP contribution in [0.15, 0.2) is 18.2 Å². The summed E-state index contributed by atoms with van der Waals surface area (Å²) in [6, 6.07) is 4.82. The molecule has 18 heavy (non-hydrogen) atoms. The van der Waals surface area contributed by atoms with E-state index in [-0.39, 0.29) is 6.10 Å². The SMILES string of the molecule is CC(C)Oc1ccc(NS(=O)(=O)C(C)C)cc1Cl. The van der Waals surface area contributed by atoms with Gasteiger partial charge in [-0.3, -0.25) is 4.72 Å². The average Bonchev–Trinajstić information content (AvgIpc) is 2.21. The Morgan fingerprint density at radius 3 is 2.28 bits per heavy atom. The third-order valence-electron chi connectivity index (χ3n) is 2.18. The van der Waals surface area contributed by atoms with Crippen molar-refractivity contribution in [2.75, 3.05) is 4.72 Å². The minimum Gasteiger partial charge on any atom is -0.489 e. The summed E-state index contributed by atoms with van der Waals surface area (Å²) in [5.41, 5.74) is 0.435. The van der Waals surface area contributed by atoms with E-state index >= 15 is 0 Å². The predicted octanol–water partition coefficient (Wildman–Crippen LogP) is 3.28. The van der Waals surface area contributed by atoms with E-state index in [0.29, 0.717) is 16.5 Å². The number of sulfonamides is 1. The maximum atomic E-state index is 11.7. The summed E-state index contributed by atoms with van der Waals surface area (Å²) in [5, 5.41) is -0.115. The van der Waals surface area contributed by atoms with Gasteiger partial charge in [0.05, 0.1) is 22.1 Å². The largest absolute Gasteiger partial charge is 0.489 e. The number of benzene rings is 1. The number of hydrogen-bond donors (Lipinski definition) is 1. The van der Waals surface area contributed by atoms with E-state index in [4.69, 9.17) is 16.3 Å². The summed E-state index contributed by atoms with van der Waals surface area (Å²) < 4.78 is 31.3. The second-order valence-electron chi connectivity index (χ2n) is 4.51. The molecule has 1 aromatic rings. The molecule has 0 aromatic heterocycles. The Kier molecular flexibility index (Phi) is 4.87. The van der Waals surface area contributed by atoms with Crippen LogP contribution in [0.3, 0.4) is 0 Å². The van der Waals surface area contributed by atoms with Crippen molar-refractivity contribution in [2.45, 2.75) is 39.0 Å². The highest BCUT2D eigenvalue weighted by atomic mass is 35.5. The normalized spacial score (nSPS) is 11.9. The minimum atomic E-state index is -3.35. The summed E-state index contributed by atoms with van der Waals surface area (Å²) >= 11 is 6.02. The van der Waals surface area contributed by atoms with Crippen molar-refractivity contribution in [1.29, 1.82) is 0 Å². The molecule has 1 aromatic carbocycles. The fourth-order valence-corrected chi connectivity index (χ4v) is 2.11. The molecule has 102 valence electrons. The molecule has 0 fully saturated rings. The number of ether oxygens (including phenoxy) is 1. The van der Waals surface area contributed by atoms with Gasteiger partial charge in [0, 0.05) is 0 Å². The number of nitrogens with one attached hydrogen (secondary N) is 1. The minimum absolute atomic E-state index is 0.0145. The number of rotatable bonds is 5. The Bertz CT molecular complexity index is 512. The smallest absolute Gasteiger partial charge is 0.235 e. The summed E-state index contributed by atoms with van der Waals surface area (Å²) in [6.07, 6.45) is 0.0145. The number of halogens is 1. The molecule has 0 radical (unpaired) electrons. The van der Waals surface area contributed by atoms with Gasteiger partial charge in [-0.2, -0.15) is 0 Å². The van der Waals surface area contributed by atoms with Gasteiger partial charge in [0.25, 0.3) is 0 Å². The van der Waals surface area contributed by atoms with E-state index in [9.17, 15) is 8.42 Å². The molecule has 0 saturated carbocycles. The molecule has 0 aliphatic heterocycles. The molecule has 0 atom stereocenters. The predicted molar refractivity (Wildman–Crippen MR) is 74.9 cm³/mol. The van der Waals surface area contributed by atoms with Gasteiger partial charge < -0.3 is 4.74 Å². The quantitative estimate of drug-likeness (QED) is 0.906. The van der Waals surface area contributed by atoms with Gasteiger partial charge in [-0.05, 0) is 45.9 Å². The maximum absolute atomic E-state index is 11.7. The van der Waals surface area contributed by atoms with E-state index in [1.165, 1.54) is 0 Å². The number of hydrogen-bond acceptors (Lipinski definition) is 3. The van der Waals surface area contributed by atoms with Gasteiger partial charge in [0.15, 0.2) is 0 Å². The average molecular weight is 292 g/mol. The van der Waals surface area contributed by atoms with Gasteiger partial charge in [0.2, 0.25) is 10.0 Å². The first kappa shape index (κ1) is 15.1. The first-order valence-corrected chi connectivity index (χ1v) is 7.62. The lowest BCUT2D eigenvalue weighted by Crippen LogP contribution is -2.22. The molecule has 0 heterocycles. The zero-order chi connectivity index (χ0) is 13.9. The van der Waals surface area contributed by atoms with Crippen molar-refractivity contribution in [1.82, 2.24) is 0 Å². The van der Waals surface area contributed by atoms with Crippen LogP contribution in [-0.2, 0) is 10.0 Å². The highest BCUT2D eigenvalue weighted by molar-refractivity contribution is 7.93. The molecule has 0 amide bonds. The Morgan fingerprint density at radius 2 is 1.83 bits per heavy atom. The lowest BCUT2D eigenvalue weighted by molar-refractivity contribution is 0.242. The van der Waals surface area contributed by atoms with Crippen LogP contribution in [-0.4, -0.2) is 19.8 Å². The molecule has 1 N–H and O–H groups in total. The third-order valence-corrected chi connectivity index (χ3v) is 4.23. The lowest BCUT2D eigenvalue weighted by atomic mass is 10.3. The van der Waals surface area contributed by atoms with E-state index in [1.54, 1.807) is 32.0 Å². The van der Waals surface area contributed by atoms with Gasteiger partial charge in [0.1, 0.15) is 5.75 Å². The van der Waals surface area contributed by atoms with Crippen LogP contribution in [0.4, 0.5) is 5.69 Å². The highest BCUT2D eigenvalue weighted by Crippen LogP contribution is 2.29. The summed E-state index contributed by atoms with van der Waals surface area (Å²) in [7, 11) is -3.35. The van der Waals surface area contributed by atoms with E-state index in [1.807, 2.05) is 13.8 Å². The third kappa shape index (κ3) is 4.07. The molecule has 0 spiro atoms. The first-order valence-electron chi connectivity index (χ1n) is 5.70. The molecule has 1 rings (SSSR count). The molecule has 6 heteroatoms. The molecular formula is C12H18ClNO3S. The van der Waals surface area contributed by atoms with Crippen LogP contribution in [0.2, 0.25) is 5.02 Å². The highest BCUT2D eigenvalue weighted by Gasteiger charge is 2.16. The Morgan fingerprint density at radius 1 is 1.22 bits per heavy atom. The van der Waals surface area contributed by atoms with E-state index in [0.717, 1.165) is 0 Å². The standard InChI is InChI=1S/C12H18ClNO3S/c1-8(2)17-12-6-5-10(7-11(12)13)14-18(15,16)9(3)4/h5-9,14H,1-4H3. The molecule has 0 aliphatic carbocycles. The van der Waals surface area contributed by atoms with Crippen LogP contribution < -0.4 is 9.46 Å². The van der Waals surface area contributed by atoms with Crippen molar-refractivity contribution in [2.24, 2.45) is 0 Å². The van der Waals surface area contributed by atoms with Crippen molar-refractivity contribution in [3.05, 3.63) is 23.2 Å². The van der Waals surface area contributed by atoms with E-state index < -0.39 is 15.3 Å². The van der Waals surface area contributed by atoms with Crippen molar-refractivity contribution < 1.29 is 13.2 Å². The zero-order valence-electron chi connectivity index (χ0n) is 10.9. The molecule has 0 aliphatic rings. The Hall–Kier alpha value is -0.940. The second-order valence-corrected chi connectivity index (χ2v) is 7.15. The molecule has 0 saturated heterocycles. The van der Waals surface area contributed by atoms with Crippen LogP contribution in [0, 0.1) is 0 Å². The molecule has 0 bridgehead atoms. The fourth-order valence-electron chi connectivity index (χ4n) is 1.20. The van der Waals surface area contributed by atoms with Gasteiger partial charge >= 0.3 is 0 Å². The van der Waals surface area contributed by atoms with Crippen LogP contribution in [0.25, 0.3) is 0 Å². The van der Waals surface area contributed by atoms with Crippen LogP contribution >= 0.6 is 11.6 Å². The molecular weight excluding hydrogens is 274 g/mol. The summed E-state index contributed by atoms with van der Waals surface area (Å²) in [4.78, 5) is 0. The molecule has 0 unspecified atom stereocenters. The van der Waals surface area contributed by atoms with Gasteiger partial charge in [-0.25, -0.2) is 8.42 Å². The first-order chi connectivity index (χ1) is 8.22. The van der Waals surface area contributed by atoms with Crippen LogP contribution in [0.1, 0.15) is 27.7 Å². The number of anilines is 1. The zero-order valence-corrected chi connectivity index (χ0v) is 12.5. The lowest BCUT2D eigenvalue weighted by Gasteiger charge is -2.14. The second kappa shape index (κ2) is 5.80. The monoisotopic (exact) mass is 291 g/mol. The van der Waals surface area contributed by atoms with Crippen molar-refractivity contribution in [3.8, 4) is 5.75 Å². The Balaban J connectivity index is 2.92. The summed E-state index contributed by atoms with van der Waals surface area (Å²) in [6.45, 7) is 7.01. The summed E-state index contributed by atoms with van der Waals surface area (Å²) in [5.74, 6) is 0.541. The van der Waals surface area contributed by atoms with E-state index in [2.05, 4.69) is 4.72 Å². The van der Waals surface area contributed by atoms with Gasteiger partial charge in [-0.15, -0.1) is 0 Å². The van der Waals surface area contributed by atoms with Crippen molar-refractivity contribution >= 4 is 27.3 Å². The van der Waals surface area contributed by atoms with Gasteiger partial charge in [-0.1, -0.05) is 11.6 Å². The molecule has 4 nitrogen and oxygen atoms in total. The Labute approximate surface area is 113 Å². The fraction of sp³-hybridized carbons (Fsp3) is 0.500. The van der Waals surface area contributed by atoms with Crippen molar-refractivity contribution in [3.63, 3.8) is 0 Å².